The molecule has 4 aliphatic rings. The normalized spacial score (nSPS) is 42.4. The molecule has 136 valence electrons. The summed E-state index contributed by atoms with van der Waals surface area (Å²) in [6.45, 7) is 15.9. The van der Waals surface area contributed by atoms with Gasteiger partial charge in [0, 0.05) is 11.1 Å². The molecule has 0 aromatic heterocycles. The van der Waals surface area contributed by atoms with E-state index in [9.17, 15) is 0 Å². The number of fused-ring (bicyclic) bond motifs is 2. The smallest absolute Gasteiger partial charge is 0.0127 e. The fourth-order valence-electron chi connectivity index (χ4n) is 7.66. The van der Waals surface area contributed by atoms with Crippen molar-refractivity contribution in [3.8, 4) is 0 Å². The molecule has 4 bridgehead atoms. The minimum Gasteiger partial charge on any atom is -0.402 e. The van der Waals surface area contributed by atoms with Crippen LogP contribution in [0, 0.1) is 35.0 Å². The van der Waals surface area contributed by atoms with E-state index in [0.717, 1.165) is 35.8 Å². The molecule has 0 aromatic carbocycles. The Balaban J connectivity index is 1.90. The van der Waals surface area contributed by atoms with Gasteiger partial charge in [-0.2, -0.15) is 0 Å². The molecule has 1 spiro atoms. The van der Waals surface area contributed by atoms with Crippen molar-refractivity contribution in [2.24, 2.45) is 40.7 Å². The lowest BCUT2D eigenvalue weighted by molar-refractivity contribution is 0.118. The summed E-state index contributed by atoms with van der Waals surface area (Å²) in [5, 5.41) is 0. The van der Waals surface area contributed by atoms with E-state index in [2.05, 4.69) is 47.3 Å². The molecule has 6 atom stereocenters. The van der Waals surface area contributed by atoms with Crippen LogP contribution in [0.4, 0.5) is 0 Å². The van der Waals surface area contributed by atoms with Gasteiger partial charge in [0.15, 0.2) is 0 Å². The zero-order chi connectivity index (χ0) is 18.1. The van der Waals surface area contributed by atoms with Crippen LogP contribution in [-0.2, 0) is 0 Å². The summed E-state index contributed by atoms with van der Waals surface area (Å²) >= 11 is 0. The van der Waals surface area contributed by atoms with Crippen molar-refractivity contribution in [3.63, 3.8) is 0 Å². The Hall–Kier alpha value is -1.24. The van der Waals surface area contributed by atoms with Gasteiger partial charge in [-0.25, -0.2) is 0 Å². The summed E-state index contributed by atoms with van der Waals surface area (Å²) in [5.74, 6) is 3.79. The minimum absolute atomic E-state index is 0.330. The molecule has 4 rings (SSSR count). The van der Waals surface area contributed by atoms with E-state index in [4.69, 9.17) is 5.73 Å². The van der Waals surface area contributed by atoms with Crippen LogP contribution in [0.25, 0.3) is 0 Å². The van der Waals surface area contributed by atoms with Gasteiger partial charge in [-0.3, -0.25) is 0 Å². The molecule has 4 aliphatic carbocycles. The van der Waals surface area contributed by atoms with Gasteiger partial charge < -0.3 is 5.73 Å². The standard InChI is InChI=1S/C24H35N/c1-7-16-11-24(12-20(25)21(16)13(3)4)22-15(6)10-19-18(22)9-14(5)17(8-2)23(19)24/h9,15-16,18-19,22H,3,7-8,10-12,25H2,1-2,4-6H3. The van der Waals surface area contributed by atoms with Gasteiger partial charge in [-0.1, -0.05) is 50.1 Å². The quantitative estimate of drug-likeness (QED) is 0.656. The Bertz CT molecular complexity index is 718. The number of hydrogen-bond donors (Lipinski definition) is 1. The first-order valence-electron chi connectivity index (χ1n) is 10.4. The Morgan fingerprint density at radius 1 is 1.36 bits per heavy atom. The molecule has 0 aliphatic heterocycles. The van der Waals surface area contributed by atoms with Gasteiger partial charge in [-0.15, -0.1) is 0 Å². The Morgan fingerprint density at radius 2 is 2.08 bits per heavy atom. The van der Waals surface area contributed by atoms with Crippen LogP contribution >= 0.6 is 0 Å². The summed E-state index contributed by atoms with van der Waals surface area (Å²) in [4.78, 5) is 0. The van der Waals surface area contributed by atoms with Crippen molar-refractivity contribution >= 4 is 0 Å². The van der Waals surface area contributed by atoms with E-state index >= 15 is 0 Å². The lowest BCUT2D eigenvalue weighted by atomic mass is 9.55. The first-order valence-corrected chi connectivity index (χ1v) is 10.4. The van der Waals surface area contributed by atoms with Crippen LogP contribution in [0.1, 0.15) is 66.7 Å². The molecule has 0 heterocycles. The molecular weight excluding hydrogens is 302 g/mol. The van der Waals surface area contributed by atoms with Crippen molar-refractivity contribution in [1.29, 1.82) is 0 Å². The average molecular weight is 338 g/mol. The Morgan fingerprint density at radius 3 is 2.68 bits per heavy atom. The molecule has 25 heavy (non-hydrogen) atoms. The molecule has 2 saturated carbocycles. The van der Waals surface area contributed by atoms with Crippen LogP contribution < -0.4 is 5.73 Å². The second kappa shape index (κ2) is 5.63. The first kappa shape index (κ1) is 17.2. The third kappa shape index (κ3) is 2.07. The predicted octanol–water partition coefficient (Wildman–Crippen LogP) is 6.15. The highest BCUT2D eigenvalue weighted by molar-refractivity contribution is 5.52. The van der Waals surface area contributed by atoms with Crippen LogP contribution in [0.3, 0.4) is 0 Å². The van der Waals surface area contributed by atoms with Crippen LogP contribution in [0.2, 0.25) is 0 Å². The van der Waals surface area contributed by atoms with Crippen LogP contribution in [0.15, 0.2) is 46.2 Å². The van der Waals surface area contributed by atoms with Gasteiger partial charge in [0.05, 0.1) is 0 Å². The third-order valence-corrected chi connectivity index (χ3v) is 8.08. The van der Waals surface area contributed by atoms with E-state index in [-0.39, 0.29) is 0 Å². The van der Waals surface area contributed by atoms with Crippen LogP contribution in [-0.4, -0.2) is 0 Å². The molecular formula is C24H35N. The van der Waals surface area contributed by atoms with Crippen molar-refractivity contribution in [2.75, 3.05) is 0 Å². The molecule has 0 saturated heterocycles. The second-order valence-corrected chi connectivity index (χ2v) is 9.38. The highest BCUT2D eigenvalue weighted by Gasteiger charge is 2.64. The van der Waals surface area contributed by atoms with Crippen molar-refractivity contribution in [1.82, 2.24) is 0 Å². The SMILES string of the molecule is C=C(C)C1=C(N)CC2(CC1CC)C1=C(CC)C(C)=CC3C1CC(C)C32. The van der Waals surface area contributed by atoms with Gasteiger partial charge in [0.1, 0.15) is 0 Å². The fraction of sp³-hybridized carbons (Fsp3) is 0.667. The maximum atomic E-state index is 6.76. The van der Waals surface area contributed by atoms with Gasteiger partial charge in [0.2, 0.25) is 0 Å². The maximum Gasteiger partial charge on any atom is 0.0127 e. The zero-order valence-corrected chi connectivity index (χ0v) is 16.8. The highest BCUT2D eigenvalue weighted by atomic mass is 14.7. The molecule has 2 fully saturated rings. The van der Waals surface area contributed by atoms with E-state index in [0.29, 0.717) is 11.3 Å². The fourth-order valence-corrected chi connectivity index (χ4v) is 7.66. The Labute approximate surface area is 154 Å². The molecule has 0 aromatic rings. The summed E-state index contributed by atoms with van der Waals surface area (Å²) in [5.41, 5.74) is 15.9. The van der Waals surface area contributed by atoms with Crippen molar-refractivity contribution < 1.29 is 0 Å². The monoisotopic (exact) mass is 337 g/mol. The van der Waals surface area contributed by atoms with Gasteiger partial charge in [-0.05, 0) is 86.7 Å². The van der Waals surface area contributed by atoms with Gasteiger partial charge >= 0.3 is 0 Å². The van der Waals surface area contributed by atoms with E-state index in [1.165, 1.54) is 36.8 Å². The summed E-state index contributed by atoms with van der Waals surface area (Å²) in [6, 6.07) is 0. The average Bonchev–Trinajstić information content (AvgIpc) is 2.94. The highest BCUT2D eigenvalue weighted by Crippen LogP contribution is 2.73. The number of hydrogen-bond acceptors (Lipinski definition) is 1. The van der Waals surface area contributed by atoms with E-state index in [1.54, 1.807) is 11.1 Å². The topological polar surface area (TPSA) is 26.0 Å². The number of nitrogens with two attached hydrogens (primary N) is 1. The van der Waals surface area contributed by atoms with Gasteiger partial charge in [0.25, 0.3) is 0 Å². The molecule has 1 nitrogen and oxygen atoms in total. The van der Waals surface area contributed by atoms with Crippen molar-refractivity contribution in [3.05, 3.63) is 46.2 Å². The molecule has 1 heteroatoms. The van der Waals surface area contributed by atoms with E-state index < -0.39 is 0 Å². The largest absolute Gasteiger partial charge is 0.402 e. The second-order valence-electron chi connectivity index (χ2n) is 9.38. The minimum atomic E-state index is 0.330. The summed E-state index contributed by atoms with van der Waals surface area (Å²) < 4.78 is 0. The molecule has 6 unspecified atom stereocenters. The number of allylic oxidation sites excluding steroid dienone is 7. The first-order chi connectivity index (χ1) is 11.9. The lowest BCUT2D eigenvalue weighted by Crippen LogP contribution is -2.41. The Kier molecular flexibility index (Phi) is 3.87. The number of rotatable bonds is 3. The summed E-state index contributed by atoms with van der Waals surface area (Å²) in [7, 11) is 0. The van der Waals surface area contributed by atoms with Crippen LogP contribution in [0.5, 0.6) is 0 Å². The van der Waals surface area contributed by atoms with E-state index in [1.807, 2.05) is 5.57 Å². The molecule has 0 radical (unpaired) electrons. The third-order valence-electron chi connectivity index (χ3n) is 8.08. The van der Waals surface area contributed by atoms with Crippen molar-refractivity contribution in [2.45, 2.75) is 66.7 Å². The summed E-state index contributed by atoms with van der Waals surface area (Å²) in [6.07, 6.45) is 8.78. The molecule has 0 amide bonds. The predicted molar refractivity (Wildman–Crippen MR) is 107 cm³/mol. The maximum absolute atomic E-state index is 6.76. The molecule has 2 N–H and O–H groups in total. The zero-order valence-electron chi connectivity index (χ0n) is 16.8. The lowest BCUT2D eigenvalue weighted by Gasteiger charge is -2.49.